The summed E-state index contributed by atoms with van der Waals surface area (Å²) in [6.07, 6.45) is 5.84. The van der Waals surface area contributed by atoms with E-state index in [4.69, 9.17) is 9.84 Å². The standard InChI is InChI=1S/C12H22O3/c1-3-9-6-5-7-10(8-9)15-11(4-2)12(13)14/h9-11H,3-8H2,1-2H3,(H,13,14). The van der Waals surface area contributed by atoms with Crippen LogP contribution in [0.1, 0.15) is 52.4 Å². The first-order valence-electron chi connectivity index (χ1n) is 6.05. The van der Waals surface area contributed by atoms with E-state index in [-0.39, 0.29) is 6.10 Å². The Morgan fingerprint density at radius 3 is 2.73 bits per heavy atom. The van der Waals surface area contributed by atoms with E-state index in [2.05, 4.69) is 6.92 Å². The second kappa shape index (κ2) is 6.11. The first-order valence-corrected chi connectivity index (χ1v) is 6.05. The molecule has 0 saturated heterocycles. The van der Waals surface area contributed by atoms with Crippen LogP contribution < -0.4 is 0 Å². The Morgan fingerprint density at radius 1 is 1.47 bits per heavy atom. The maximum absolute atomic E-state index is 10.8. The molecule has 0 amide bonds. The molecule has 1 N–H and O–H groups in total. The van der Waals surface area contributed by atoms with Crippen LogP contribution in [0.2, 0.25) is 0 Å². The lowest BCUT2D eigenvalue weighted by atomic mass is 9.85. The van der Waals surface area contributed by atoms with Gasteiger partial charge in [-0.3, -0.25) is 0 Å². The summed E-state index contributed by atoms with van der Waals surface area (Å²) in [5, 5.41) is 8.90. The predicted molar refractivity (Wildman–Crippen MR) is 58.8 cm³/mol. The second-order valence-electron chi connectivity index (χ2n) is 4.43. The van der Waals surface area contributed by atoms with E-state index in [0.717, 1.165) is 18.8 Å². The molecule has 0 aromatic rings. The third-order valence-electron chi connectivity index (χ3n) is 3.31. The van der Waals surface area contributed by atoms with Gasteiger partial charge in [-0.15, -0.1) is 0 Å². The minimum absolute atomic E-state index is 0.171. The van der Waals surface area contributed by atoms with Crippen LogP contribution in [0, 0.1) is 5.92 Å². The molecule has 0 heterocycles. The topological polar surface area (TPSA) is 46.5 Å². The Kier molecular flexibility index (Phi) is 5.09. The maximum Gasteiger partial charge on any atom is 0.332 e. The van der Waals surface area contributed by atoms with Crippen molar-refractivity contribution in [3.63, 3.8) is 0 Å². The normalized spacial score (nSPS) is 28.7. The molecular formula is C12H22O3. The van der Waals surface area contributed by atoms with Crippen molar-refractivity contribution >= 4 is 5.97 Å². The van der Waals surface area contributed by atoms with E-state index in [1.54, 1.807) is 0 Å². The molecule has 1 saturated carbocycles. The lowest BCUT2D eigenvalue weighted by Crippen LogP contribution is -2.32. The lowest BCUT2D eigenvalue weighted by Gasteiger charge is -2.30. The Hall–Kier alpha value is -0.570. The zero-order valence-electron chi connectivity index (χ0n) is 9.74. The van der Waals surface area contributed by atoms with Gasteiger partial charge in [-0.25, -0.2) is 4.79 Å². The number of ether oxygens (including phenoxy) is 1. The monoisotopic (exact) mass is 214 g/mol. The number of rotatable bonds is 5. The number of aliphatic carboxylic acids is 1. The van der Waals surface area contributed by atoms with Gasteiger partial charge in [-0.1, -0.05) is 33.1 Å². The molecule has 0 aromatic carbocycles. The maximum atomic E-state index is 10.8. The van der Waals surface area contributed by atoms with Gasteiger partial charge >= 0.3 is 5.97 Å². The van der Waals surface area contributed by atoms with E-state index in [1.807, 2.05) is 6.92 Å². The molecule has 3 heteroatoms. The second-order valence-corrected chi connectivity index (χ2v) is 4.43. The molecule has 1 fully saturated rings. The van der Waals surface area contributed by atoms with Gasteiger partial charge < -0.3 is 9.84 Å². The van der Waals surface area contributed by atoms with Gasteiger partial charge in [0, 0.05) is 0 Å². The Labute approximate surface area is 91.8 Å². The molecule has 0 aliphatic heterocycles. The van der Waals surface area contributed by atoms with E-state index in [9.17, 15) is 4.79 Å². The fourth-order valence-corrected chi connectivity index (χ4v) is 2.30. The molecule has 88 valence electrons. The highest BCUT2D eigenvalue weighted by Crippen LogP contribution is 2.29. The van der Waals surface area contributed by atoms with Crippen LogP contribution in [0.3, 0.4) is 0 Å². The molecule has 0 spiro atoms. The molecule has 0 aromatic heterocycles. The van der Waals surface area contributed by atoms with Gasteiger partial charge in [0.2, 0.25) is 0 Å². The fourth-order valence-electron chi connectivity index (χ4n) is 2.30. The first-order chi connectivity index (χ1) is 7.17. The van der Waals surface area contributed by atoms with Crippen LogP contribution in [0.25, 0.3) is 0 Å². The lowest BCUT2D eigenvalue weighted by molar-refractivity contribution is -0.156. The molecule has 0 bridgehead atoms. The molecule has 3 atom stereocenters. The third kappa shape index (κ3) is 3.82. The van der Waals surface area contributed by atoms with E-state index in [0.29, 0.717) is 6.42 Å². The van der Waals surface area contributed by atoms with Gasteiger partial charge in [0.1, 0.15) is 0 Å². The quantitative estimate of drug-likeness (QED) is 0.765. The Balaban J connectivity index is 2.39. The fraction of sp³-hybridized carbons (Fsp3) is 0.917. The van der Waals surface area contributed by atoms with Gasteiger partial charge in [0.15, 0.2) is 6.10 Å². The van der Waals surface area contributed by atoms with E-state index >= 15 is 0 Å². The zero-order valence-corrected chi connectivity index (χ0v) is 9.74. The minimum atomic E-state index is -0.823. The smallest absolute Gasteiger partial charge is 0.332 e. The van der Waals surface area contributed by atoms with Crippen LogP contribution in [0.15, 0.2) is 0 Å². The highest BCUT2D eigenvalue weighted by atomic mass is 16.5. The predicted octanol–water partition coefficient (Wildman–Crippen LogP) is 2.84. The average molecular weight is 214 g/mol. The molecule has 1 aliphatic carbocycles. The van der Waals surface area contributed by atoms with Gasteiger partial charge in [-0.2, -0.15) is 0 Å². The summed E-state index contributed by atoms with van der Waals surface area (Å²) < 4.78 is 5.63. The number of hydrogen-bond donors (Lipinski definition) is 1. The van der Waals surface area contributed by atoms with Crippen LogP contribution in [0.5, 0.6) is 0 Å². The van der Waals surface area contributed by atoms with Gasteiger partial charge in [-0.05, 0) is 25.2 Å². The van der Waals surface area contributed by atoms with Crippen molar-refractivity contribution in [1.29, 1.82) is 0 Å². The van der Waals surface area contributed by atoms with Crippen molar-refractivity contribution in [3.8, 4) is 0 Å². The molecule has 3 unspecified atom stereocenters. The summed E-state index contributed by atoms with van der Waals surface area (Å²) in [6, 6.07) is 0. The van der Waals surface area contributed by atoms with Crippen LogP contribution in [-0.2, 0) is 9.53 Å². The van der Waals surface area contributed by atoms with Crippen molar-refractivity contribution in [3.05, 3.63) is 0 Å². The molecule has 0 radical (unpaired) electrons. The summed E-state index contributed by atoms with van der Waals surface area (Å²) in [5.41, 5.74) is 0. The van der Waals surface area contributed by atoms with Crippen molar-refractivity contribution in [2.75, 3.05) is 0 Å². The van der Waals surface area contributed by atoms with Crippen molar-refractivity contribution < 1.29 is 14.6 Å². The Morgan fingerprint density at radius 2 is 2.20 bits per heavy atom. The molecule has 15 heavy (non-hydrogen) atoms. The van der Waals surface area contributed by atoms with Gasteiger partial charge in [0.25, 0.3) is 0 Å². The van der Waals surface area contributed by atoms with Crippen LogP contribution >= 0.6 is 0 Å². The number of carboxylic acid groups (broad SMARTS) is 1. The number of carbonyl (C=O) groups is 1. The van der Waals surface area contributed by atoms with Crippen molar-refractivity contribution in [1.82, 2.24) is 0 Å². The summed E-state index contributed by atoms with van der Waals surface area (Å²) in [4.78, 5) is 10.8. The van der Waals surface area contributed by atoms with Crippen LogP contribution in [-0.4, -0.2) is 23.3 Å². The van der Waals surface area contributed by atoms with E-state index < -0.39 is 12.1 Å². The average Bonchev–Trinajstić information content (AvgIpc) is 2.25. The molecular weight excluding hydrogens is 192 g/mol. The summed E-state index contributed by atoms with van der Waals surface area (Å²) in [7, 11) is 0. The third-order valence-corrected chi connectivity index (χ3v) is 3.31. The summed E-state index contributed by atoms with van der Waals surface area (Å²) in [6.45, 7) is 4.06. The van der Waals surface area contributed by atoms with E-state index in [1.165, 1.54) is 19.3 Å². The number of carboxylic acids is 1. The van der Waals surface area contributed by atoms with Crippen LogP contribution in [0.4, 0.5) is 0 Å². The highest BCUT2D eigenvalue weighted by Gasteiger charge is 2.26. The first kappa shape index (κ1) is 12.5. The molecule has 3 nitrogen and oxygen atoms in total. The summed E-state index contributed by atoms with van der Waals surface area (Å²) in [5.74, 6) is -0.0915. The molecule has 1 aliphatic rings. The van der Waals surface area contributed by atoms with Gasteiger partial charge in [0.05, 0.1) is 6.10 Å². The largest absolute Gasteiger partial charge is 0.479 e. The molecule has 1 rings (SSSR count). The van der Waals surface area contributed by atoms with Crippen molar-refractivity contribution in [2.24, 2.45) is 5.92 Å². The highest BCUT2D eigenvalue weighted by molar-refractivity contribution is 5.72. The summed E-state index contributed by atoms with van der Waals surface area (Å²) >= 11 is 0. The zero-order chi connectivity index (χ0) is 11.3. The minimum Gasteiger partial charge on any atom is -0.479 e. The number of hydrogen-bond acceptors (Lipinski definition) is 2. The van der Waals surface area contributed by atoms with Crippen molar-refractivity contribution in [2.45, 2.75) is 64.6 Å². The Bertz CT molecular complexity index is 203. The SMILES string of the molecule is CCC1CCCC(OC(CC)C(=O)O)C1.